The van der Waals surface area contributed by atoms with E-state index >= 15 is 0 Å². The maximum atomic E-state index is 5.65. The molecule has 2 nitrogen and oxygen atoms in total. The second-order valence-corrected chi connectivity index (χ2v) is 3.74. The van der Waals surface area contributed by atoms with E-state index in [1.807, 2.05) is 0 Å². The Hall–Kier alpha value is -0.0800. The minimum atomic E-state index is 0.596. The molecule has 3 saturated heterocycles. The van der Waals surface area contributed by atoms with Gasteiger partial charge in [-0.2, -0.15) is 0 Å². The number of hydrogen-bond donors (Lipinski definition) is 1. The highest BCUT2D eigenvalue weighted by Gasteiger charge is 2.50. The molecule has 0 aromatic carbocycles. The van der Waals surface area contributed by atoms with E-state index in [4.69, 9.17) is 4.74 Å². The summed E-state index contributed by atoms with van der Waals surface area (Å²) < 4.78 is 5.65. The molecule has 3 fully saturated rings. The lowest BCUT2D eigenvalue weighted by Crippen LogP contribution is -2.29. The second kappa shape index (κ2) is 1.74. The summed E-state index contributed by atoms with van der Waals surface area (Å²) in [6.45, 7) is 1.02. The molecule has 1 N–H and O–H groups in total. The Labute approximate surface area is 60.9 Å². The van der Waals surface area contributed by atoms with Gasteiger partial charge in [-0.1, -0.05) is 0 Å². The quantitative estimate of drug-likeness (QED) is 0.528. The van der Waals surface area contributed by atoms with Crippen molar-refractivity contribution in [2.45, 2.75) is 37.5 Å². The first-order valence-electron chi connectivity index (χ1n) is 4.33. The molecule has 4 unspecified atom stereocenters. The standard InChI is InChI=1S/C8H13NO/c1-2-7-8-5(3-4-10-8)6(1)9-7/h5-9H,1-4H2. The third-order valence-electron chi connectivity index (χ3n) is 3.31. The molecule has 0 spiro atoms. The molecule has 0 radical (unpaired) electrons. The molecule has 2 heteroatoms. The summed E-state index contributed by atoms with van der Waals surface area (Å²) in [6.07, 6.45) is 4.65. The Balaban J connectivity index is 1.92. The first kappa shape index (κ1) is 5.56. The summed E-state index contributed by atoms with van der Waals surface area (Å²) in [6, 6.07) is 1.54. The minimum Gasteiger partial charge on any atom is -0.376 e. The highest BCUT2D eigenvalue weighted by atomic mass is 16.5. The summed E-state index contributed by atoms with van der Waals surface area (Å²) in [4.78, 5) is 0. The van der Waals surface area contributed by atoms with Gasteiger partial charge in [0.2, 0.25) is 0 Å². The van der Waals surface area contributed by atoms with Crippen LogP contribution in [0.5, 0.6) is 0 Å². The average Bonchev–Trinajstić information content (AvgIpc) is 2.60. The molecule has 3 heterocycles. The van der Waals surface area contributed by atoms with Gasteiger partial charge in [-0.3, -0.25) is 0 Å². The van der Waals surface area contributed by atoms with Crippen LogP contribution in [0.25, 0.3) is 0 Å². The van der Waals surface area contributed by atoms with Gasteiger partial charge in [0.05, 0.1) is 6.10 Å². The summed E-state index contributed by atoms with van der Waals surface area (Å²) in [5.41, 5.74) is 0. The van der Waals surface area contributed by atoms with Gasteiger partial charge in [0, 0.05) is 24.6 Å². The molecule has 56 valence electrons. The van der Waals surface area contributed by atoms with Crippen LogP contribution in [-0.4, -0.2) is 24.8 Å². The monoisotopic (exact) mass is 139 g/mol. The topological polar surface area (TPSA) is 21.3 Å². The van der Waals surface area contributed by atoms with E-state index in [0.717, 1.165) is 24.6 Å². The van der Waals surface area contributed by atoms with Crippen molar-refractivity contribution in [2.75, 3.05) is 6.61 Å². The van der Waals surface area contributed by atoms with Crippen LogP contribution in [0, 0.1) is 5.92 Å². The van der Waals surface area contributed by atoms with Crippen LogP contribution in [0.2, 0.25) is 0 Å². The molecular weight excluding hydrogens is 126 g/mol. The normalized spacial score (nSPS) is 57.6. The van der Waals surface area contributed by atoms with E-state index in [0.29, 0.717) is 6.10 Å². The van der Waals surface area contributed by atoms with Crippen LogP contribution in [0.1, 0.15) is 19.3 Å². The minimum absolute atomic E-state index is 0.596. The van der Waals surface area contributed by atoms with Gasteiger partial charge in [-0.25, -0.2) is 0 Å². The smallest absolute Gasteiger partial charge is 0.0771 e. The highest BCUT2D eigenvalue weighted by molar-refractivity contribution is 5.06. The molecule has 3 aliphatic heterocycles. The second-order valence-electron chi connectivity index (χ2n) is 3.74. The Morgan fingerprint density at radius 2 is 2.00 bits per heavy atom. The highest BCUT2D eigenvalue weighted by Crippen LogP contribution is 2.40. The van der Waals surface area contributed by atoms with Crippen LogP contribution >= 0.6 is 0 Å². The number of fused-ring (bicyclic) bond motifs is 5. The zero-order valence-electron chi connectivity index (χ0n) is 6.05. The molecule has 10 heavy (non-hydrogen) atoms. The van der Waals surface area contributed by atoms with E-state index in [-0.39, 0.29) is 0 Å². The first-order chi connectivity index (χ1) is 4.95. The van der Waals surface area contributed by atoms with Crippen LogP contribution < -0.4 is 5.32 Å². The maximum Gasteiger partial charge on any atom is 0.0771 e. The van der Waals surface area contributed by atoms with Gasteiger partial charge in [0.25, 0.3) is 0 Å². The third kappa shape index (κ3) is 0.523. The van der Waals surface area contributed by atoms with Crippen molar-refractivity contribution in [1.82, 2.24) is 5.32 Å². The summed E-state index contributed by atoms with van der Waals surface area (Å²) >= 11 is 0. The maximum absolute atomic E-state index is 5.65. The molecule has 3 rings (SSSR count). The summed E-state index contributed by atoms with van der Waals surface area (Å²) in [5, 5.41) is 3.60. The molecule has 0 amide bonds. The average molecular weight is 139 g/mol. The van der Waals surface area contributed by atoms with Crippen LogP contribution in [0.3, 0.4) is 0 Å². The van der Waals surface area contributed by atoms with Crippen LogP contribution in [0.4, 0.5) is 0 Å². The van der Waals surface area contributed by atoms with E-state index < -0.39 is 0 Å². The predicted molar refractivity (Wildman–Crippen MR) is 37.8 cm³/mol. The van der Waals surface area contributed by atoms with Crippen molar-refractivity contribution < 1.29 is 4.74 Å². The Morgan fingerprint density at radius 1 is 1.10 bits per heavy atom. The molecule has 4 atom stereocenters. The van der Waals surface area contributed by atoms with Crippen LogP contribution in [0.15, 0.2) is 0 Å². The number of hydrogen-bond acceptors (Lipinski definition) is 2. The van der Waals surface area contributed by atoms with Crippen molar-refractivity contribution in [1.29, 1.82) is 0 Å². The molecular formula is C8H13NO. The van der Waals surface area contributed by atoms with Gasteiger partial charge < -0.3 is 10.1 Å². The fourth-order valence-corrected chi connectivity index (χ4v) is 2.87. The molecule has 3 aliphatic rings. The zero-order valence-corrected chi connectivity index (χ0v) is 6.05. The van der Waals surface area contributed by atoms with Gasteiger partial charge in [-0.05, 0) is 19.3 Å². The lowest BCUT2D eigenvalue weighted by molar-refractivity contribution is 0.0772. The number of ether oxygens (including phenoxy) is 1. The fourth-order valence-electron chi connectivity index (χ4n) is 2.87. The Kier molecular flexibility index (Phi) is 0.968. The van der Waals surface area contributed by atoms with Crippen molar-refractivity contribution in [3.63, 3.8) is 0 Å². The lowest BCUT2D eigenvalue weighted by Gasteiger charge is -2.20. The van der Waals surface area contributed by atoms with Crippen molar-refractivity contribution in [3.8, 4) is 0 Å². The van der Waals surface area contributed by atoms with Gasteiger partial charge >= 0.3 is 0 Å². The predicted octanol–water partition coefficient (Wildman–Crippen LogP) is 0.526. The summed E-state index contributed by atoms with van der Waals surface area (Å²) in [7, 11) is 0. The number of nitrogens with one attached hydrogen (secondary N) is 1. The fraction of sp³-hybridized carbons (Fsp3) is 1.00. The Morgan fingerprint density at radius 3 is 2.90 bits per heavy atom. The largest absolute Gasteiger partial charge is 0.376 e. The van der Waals surface area contributed by atoms with Crippen molar-refractivity contribution in [3.05, 3.63) is 0 Å². The van der Waals surface area contributed by atoms with Crippen LogP contribution in [-0.2, 0) is 4.74 Å². The van der Waals surface area contributed by atoms with Gasteiger partial charge in [0.1, 0.15) is 0 Å². The first-order valence-corrected chi connectivity index (χ1v) is 4.33. The molecule has 0 saturated carbocycles. The zero-order chi connectivity index (χ0) is 6.55. The Bertz CT molecular complexity index is 143. The van der Waals surface area contributed by atoms with Crippen molar-refractivity contribution in [2.24, 2.45) is 5.92 Å². The van der Waals surface area contributed by atoms with Gasteiger partial charge in [0.15, 0.2) is 0 Å². The number of rotatable bonds is 0. The molecule has 0 aromatic rings. The SMILES string of the molecule is C1CC2C3CCC(N3)C2O1. The van der Waals surface area contributed by atoms with Gasteiger partial charge in [-0.15, -0.1) is 0 Å². The molecule has 2 bridgehead atoms. The lowest BCUT2D eigenvalue weighted by atomic mass is 9.86. The van der Waals surface area contributed by atoms with E-state index in [1.54, 1.807) is 0 Å². The van der Waals surface area contributed by atoms with E-state index in [2.05, 4.69) is 5.32 Å². The van der Waals surface area contributed by atoms with E-state index in [1.165, 1.54) is 19.3 Å². The van der Waals surface area contributed by atoms with Crippen molar-refractivity contribution >= 4 is 0 Å². The third-order valence-corrected chi connectivity index (χ3v) is 3.31. The van der Waals surface area contributed by atoms with E-state index in [9.17, 15) is 0 Å². The molecule has 0 aliphatic carbocycles. The summed E-state index contributed by atoms with van der Waals surface area (Å²) in [5.74, 6) is 0.874. The molecule has 0 aromatic heterocycles.